The lowest BCUT2D eigenvalue weighted by Crippen LogP contribution is -2.59. The van der Waals surface area contributed by atoms with Gasteiger partial charge in [0.15, 0.2) is 0 Å². The first kappa shape index (κ1) is 16.3. The Morgan fingerprint density at radius 3 is 2.96 bits per heavy atom. The van der Waals surface area contributed by atoms with Gasteiger partial charge in [-0.15, -0.1) is 11.3 Å². The minimum Gasteiger partial charge on any atom is -0.346 e. The lowest BCUT2D eigenvalue weighted by molar-refractivity contribution is 0.0879. The SMILES string of the molecule is CCC1CCNC2(CC2)C1NC(=O)c1cc2cc(F)c(Cl)cc2s1. The van der Waals surface area contributed by atoms with Crippen molar-refractivity contribution in [1.29, 1.82) is 0 Å². The summed E-state index contributed by atoms with van der Waals surface area (Å²) in [7, 11) is 0. The third kappa shape index (κ3) is 2.72. The van der Waals surface area contributed by atoms with E-state index in [4.69, 9.17) is 11.6 Å². The van der Waals surface area contributed by atoms with Gasteiger partial charge in [0.05, 0.1) is 15.9 Å². The number of amides is 1. The van der Waals surface area contributed by atoms with Crippen molar-refractivity contribution < 1.29 is 9.18 Å². The minimum absolute atomic E-state index is 0.0637. The van der Waals surface area contributed by atoms with Crippen LogP contribution in [-0.4, -0.2) is 24.0 Å². The van der Waals surface area contributed by atoms with Crippen LogP contribution in [0.2, 0.25) is 5.02 Å². The highest BCUT2D eigenvalue weighted by Crippen LogP contribution is 2.45. The first-order chi connectivity index (χ1) is 11.5. The molecule has 2 atom stereocenters. The molecule has 6 heteroatoms. The molecule has 3 nitrogen and oxygen atoms in total. The molecule has 1 spiro atoms. The number of carbonyl (C=O) groups is 1. The number of fused-ring (bicyclic) bond motifs is 1. The molecule has 1 aliphatic heterocycles. The zero-order valence-electron chi connectivity index (χ0n) is 13.5. The fourth-order valence-electron chi connectivity index (χ4n) is 3.91. The van der Waals surface area contributed by atoms with Crippen molar-refractivity contribution in [3.8, 4) is 0 Å². The maximum Gasteiger partial charge on any atom is 0.261 e. The summed E-state index contributed by atoms with van der Waals surface area (Å²) in [6.45, 7) is 3.22. The minimum atomic E-state index is -0.451. The number of halogens is 2. The van der Waals surface area contributed by atoms with Crippen molar-refractivity contribution >= 4 is 38.9 Å². The van der Waals surface area contributed by atoms with Crippen LogP contribution in [0.15, 0.2) is 18.2 Å². The third-order valence-electron chi connectivity index (χ3n) is 5.44. The summed E-state index contributed by atoms with van der Waals surface area (Å²) in [4.78, 5) is 13.4. The van der Waals surface area contributed by atoms with E-state index in [1.165, 1.54) is 17.4 Å². The topological polar surface area (TPSA) is 41.1 Å². The van der Waals surface area contributed by atoms with Gasteiger partial charge in [-0.2, -0.15) is 0 Å². The van der Waals surface area contributed by atoms with E-state index in [2.05, 4.69) is 17.6 Å². The van der Waals surface area contributed by atoms with E-state index in [0.29, 0.717) is 10.8 Å². The predicted octanol–water partition coefficient (Wildman–Crippen LogP) is 4.34. The Bertz CT molecular complexity index is 763. The van der Waals surface area contributed by atoms with E-state index < -0.39 is 5.82 Å². The van der Waals surface area contributed by atoms with Crippen molar-refractivity contribution in [2.24, 2.45) is 5.92 Å². The smallest absolute Gasteiger partial charge is 0.261 e. The third-order valence-corrected chi connectivity index (χ3v) is 6.83. The second kappa shape index (κ2) is 5.97. The fraction of sp³-hybridized carbons (Fsp3) is 0.500. The van der Waals surface area contributed by atoms with Gasteiger partial charge in [-0.05, 0) is 55.3 Å². The standard InChI is InChI=1S/C18H20ClFN2OS/c1-2-10-3-6-21-18(4-5-18)16(10)22-17(23)15-8-11-7-13(20)12(19)9-14(11)24-15/h7-10,16,21H,2-6H2,1H3,(H,22,23). The number of carbonyl (C=O) groups excluding carboxylic acids is 1. The van der Waals surface area contributed by atoms with Gasteiger partial charge in [-0.1, -0.05) is 24.9 Å². The van der Waals surface area contributed by atoms with E-state index in [0.717, 1.165) is 42.3 Å². The molecule has 4 rings (SSSR count). The molecule has 24 heavy (non-hydrogen) atoms. The normalized spacial score (nSPS) is 25.1. The van der Waals surface area contributed by atoms with Gasteiger partial charge in [0.25, 0.3) is 5.91 Å². The average Bonchev–Trinajstić information content (AvgIpc) is 3.21. The van der Waals surface area contributed by atoms with Crippen LogP contribution < -0.4 is 10.6 Å². The number of hydrogen-bond donors (Lipinski definition) is 2. The van der Waals surface area contributed by atoms with Crippen LogP contribution in [0.3, 0.4) is 0 Å². The van der Waals surface area contributed by atoms with E-state index in [1.54, 1.807) is 12.1 Å². The first-order valence-corrected chi connectivity index (χ1v) is 9.66. The number of thiophene rings is 1. The molecule has 2 aliphatic rings. The van der Waals surface area contributed by atoms with Crippen molar-refractivity contribution in [2.75, 3.05) is 6.54 Å². The summed E-state index contributed by atoms with van der Waals surface area (Å²) < 4.78 is 14.4. The monoisotopic (exact) mass is 366 g/mol. The average molecular weight is 367 g/mol. The Morgan fingerprint density at radius 2 is 2.25 bits per heavy atom. The molecule has 0 radical (unpaired) electrons. The van der Waals surface area contributed by atoms with Crippen LogP contribution in [0.1, 0.15) is 42.3 Å². The van der Waals surface area contributed by atoms with Crippen LogP contribution in [0.4, 0.5) is 4.39 Å². The zero-order valence-corrected chi connectivity index (χ0v) is 15.1. The molecular formula is C18H20ClFN2OS. The van der Waals surface area contributed by atoms with E-state index >= 15 is 0 Å². The Kier molecular flexibility index (Phi) is 4.06. The van der Waals surface area contributed by atoms with E-state index in [-0.39, 0.29) is 22.5 Å². The molecular weight excluding hydrogens is 347 g/mol. The summed E-state index contributed by atoms with van der Waals surface area (Å²) in [6.07, 6.45) is 4.42. The van der Waals surface area contributed by atoms with Gasteiger partial charge in [-0.25, -0.2) is 4.39 Å². The van der Waals surface area contributed by atoms with Gasteiger partial charge < -0.3 is 10.6 Å². The molecule has 1 saturated heterocycles. The van der Waals surface area contributed by atoms with Gasteiger partial charge in [0.2, 0.25) is 0 Å². The lowest BCUT2D eigenvalue weighted by Gasteiger charge is -2.39. The van der Waals surface area contributed by atoms with Crippen LogP contribution in [0.5, 0.6) is 0 Å². The van der Waals surface area contributed by atoms with Gasteiger partial charge >= 0.3 is 0 Å². The quantitative estimate of drug-likeness (QED) is 0.848. The second-order valence-electron chi connectivity index (χ2n) is 6.91. The number of rotatable bonds is 3. The highest BCUT2D eigenvalue weighted by molar-refractivity contribution is 7.20. The molecule has 0 bridgehead atoms. The van der Waals surface area contributed by atoms with Crippen molar-refractivity contribution in [3.05, 3.63) is 33.9 Å². The van der Waals surface area contributed by atoms with Gasteiger partial charge in [-0.3, -0.25) is 4.79 Å². The Labute approximate surface area is 149 Å². The van der Waals surface area contributed by atoms with E-state index in [1.807, 2.05) is 0 Å². The molecule has 128 valence electrons. The molecule has 2 unspecified atom stereocenters. The largest absolute Gasteiger partial charge is 0.346 e. The highest BCUT2D eigenvalue weighted by Gasteiger charge is 2.53. The van der Waals surface area contributed by atoms with Gasteiger partial charge in [0, 0.05) is 10.2 Å². The summed E-state index contributed by atoms with van der Waals surface area (Å²) >= 11 is 7.20. The second-order valence-corrected chi connectivity index (χ2v) is 8.40. The van der Waals surface area contributed by atoms with Crippen LogP contribution in [0, 0.1) is 11.7 Å². The molecule has 1 saturated carbocycles. The van der Waals surface area contributed by atoms with Crippen molar-refractivity contribution in [1.82, 2.24) is 10.6 Å². The predicted molar refractivity (Wildman–Crippen MR) is 96.4 cm³/mol. The Balaban J connectivity index is 1.59. The van der Waals surface area contributed by atoms with Crippen LogP contribution in [-0.2, 0) is 0 Å². The molecule has 1 aromatic heterocycles. The molecule has 1 aliphatic carbocycles. The fourth-order valence-corrected chi connectivity index (χ4v) is 5.13. The zero-order chi connectivity index (χ0) is 16.9. The van der Waals surface area contributed by atoms with Crippen molar-refractivity contribution in [3.63, 3.8) is 0 Å². The van der Waals surface area contributed by atoms with E-state index in [9.17, 15) is 9.18 Å². The summed E-state index contributed by atoms with van der Waals surface area (Å²) in [5, 5.41) is 7.68. The number of nitrogens with one attached hydrogen (secondary N) is 2. The summed E-state index contributed by atoms with van der Waals surface area (Å²) in [6, 6.07) is 4.91. The highest BCUT2D eigenvalue weighted by atomic mass is 35.5. The Hall–Kier alpha value is -1.17. The molecule has 2 heterocycles. The lowest BCUT2D eigenvalue weighted by atomic mass is 9.83. The number of hydrogen-bond acceptors (Lipinski definition) is 3. The van der Waals surface area contributed by atoms with Gasteiger partial charge in [0.1, 0.15) is 5.82 Å². The van der Waals surface area contributed by atoms with Crippen LogP contribution in [0.25, 0.3) is 10.1 Å². The molecule has 1 aromatic carbocycles. The molecule has 1 amide bonds. The Morgan fingerprint density at radius 1 is 1.46 bits per heavy atom. The number of benzene rings is 1. The maximum absolute atomic E-state index is 13.6. The maximum atomic E-state index is 13.6. The molecule has 2 N–H and O–H groups in total. The van der Waals surface area contributed by atoms with Crippen LogP contribution >= 0.6 is 22.9 Å². The molecule has 2 aromatic rings. The van der Waals surface area contributed by atoms with Crippen molar-refractivity contribution in [2.45, 2.75) is 44.2 Å². The number of piperidine rings is 1. The molecule has 2 fully saturated rings. The summed E-state index contributed by atoms with van der Waals surface area (Å²) in [5.74, 6) is -0.00138. The first-order valence-electron chi connectivity index (χ1n) is 8.47. The summed E-state index contributed by atoms with van der Waals surface area (Å²) in [5.41, 5.74) is 0.0979.